The van der Waals surface area contributed by atoms with E-state index in [1.54, 1.807) is 0 Å². The summed E-state index contributed by atoms with van der Waals surface area (Å²) in [6.45, 7) is 4.09. The van der Waals surface area contributed by atoms with Crippen LogP contribution in [-0.4, -0.2) is 24.8 Å². The first-order chi connectivity index (χ1) is 6.72. The Balaban J connectivity index is 2.34. The predicted octanol–water partition coefficient (Wildman–Crippen LogP) is 1.18. The Labute approximate surface area is 84.1 Å². The molecule has 1 aliphatic heterocycles. The van der Waals surface area contributed by atoms with Gasteiger partial charge >= 0.3 is 0 Å². The van der Waals surface area contributed by atoms with Gasteiger partial charge in [-0.3, -0.25) is 0 Å². The number of rotatable bonds is 2. The van der Waals surface area contributed by atoms with Crippen molar-refractivity contribution < 1.29 is 5.11 Å². The first-order valence-electron chi connectivity index (χ1n) is 4.97. The van der Waals surface area contributed by atoms with Crippen molar-refractivity contribution in [3.8, 4) is 0 Å². The van der Waals surface area contributed by atoms with Crippen molar-refractivity contribution >= 4 is 11.4 Å². The summed E-state index contributed by atoms with van der Waals surface area (Å²) in [6.07, 6.45) is 0. The van der Waals surface area contributed by atoms with E-state index in [-0.39, 0.29) is 6.61 Å². The molecule has 14 heavy (non-hydrogen) atoms. The van der Waals surface area contributed by atoms with Crippen molar-refractivity contribution in [2.75, 3.05) is 30.3 Å². The standard InChI is InChI=1S/C11H16N2O/c1-8-7-13(4-5-14)11-3-2-9(12)6-10(8)11/h2-3,6,8,14H,4-5,7,12H2,1H3. The molecule has 3 N–H and O–H groups in total. The molecule has 1 unspecified atom stereocenters. The molecule has 0 bridgehead atoms. The minimum Gasteiger partial charge on any atom is -0.399 e. The molecule has 2 rings (SSSR count). The van der Waals surface area contributed by atoms with Crippen LogP contribution in [0.15, 0.2) is 18.2 Å². The highest BCUT2D eigenvalue weighted by Gasteiger charge is 2.24. The van der Waals surface area contributed by atoms with Gasteiger partial charge in [0.05, 0.1) is 6.61 Å². The van der Waals surface area contributed by atoms with Gasteiger partial charge in [-0.15, -0.1) is 0 Å². The Morgan fingerprint density at radius 2 is 2.36 bits per heavy atom. The minimum atomic E-state index is 0.205. The van der Waals surface area contributed by atoms with Gasteiger partial charge in [0.15, 0.2) is 0 Å². The Morgan fingerprint density at radius 1 is 1.57 bits per heavy atom. The Morgan fingerprint density at radius 3 is 3.07 bits per heavy atom. The third kappa shape index (κ3) is 1.44. The lowest BCUT2D eigenvalue weighted by atomic mass is 10.0. The number of nitrogens with zero attached hydrogens (tertiary/aromatic N) is 1. The highest BCUT2D eigenvalue weighted by molar-refractivity contribution is 5.64. The van der Waals surface area contributed by atoms with Gasteiger partial charge in [-0.05, 0) is 23.8 Å². The molecule has 1 aromatic carbocycles. The third-order valence-corrected chi connectivity index (χ3v) is 2.79. The maximum atomic E-state index is 8.93. The number of β-amino-alcohol motifs (C(OH)–C–C–N with tert-alkyl or cyclic N) is 1. The number of nitrogen functional groups attached to an aromatic ring is 1. The molecule has 0 aromatic heterocycles. The highest BCUT2D eigenvalue weighted by atomic mass is 16.3. The monoisotopic (exact) mass is 192 g/mol. The second-order valence-corrected chi connectivity index (χ2v) is 3.89. The van der Waals surface area contributed by atoms with Crippen LogP contribution in [0.4, 0.5) is 11.4 Å². The van der Waals surface area contributed by atoms with Crippen molar-refractivity contribution in [2.45, 2.75) is 12.8 Å². The molecule has 0 fully saturated rings. The van der Waals surface area contributed by atoms with Gasteiger partial charge in [-0.2, -0.15) is 0 Å². The number of hydrogen-bond donors (Lipinski definition) is 2. The number of fused-ring (bicyclic) bond motifs is 1. The van der Waals surface area contributed by atoms with Crippen molar-refractivity contribution in [3.63, 3.8) is 0 Å². The fourth-order valence-electron chi connectivity index (χ4n) is 2.12. The second-order valence-electron chi connectivity index (χ2n) is 3.89. The van der Waals surface area contributed by atoms with Gasteiger partial charge < -0.3 is 15.7 Å². The Bertz CT molecular complexity index is 338. The van der Waals surface area contributed by atoms with Crippen LogP contribution < -0.4 is 10.6 Å². The molecule has 3 heteroatoms. The molecule has 0 amide bonds. The average Bonchev–Trinajstić information content (AvgIpc) is 2.44. The van der Waals surface area contributed by atoms with E-state index < -0.39 is 0 Å². The van der Waals surface area contributed by atoms with Crippen LogP contribution in [0, 0.1) is 0 Å². The summed E-state index contributed by atoms with van der Waals surface area (Å²) in [5, 5.41) is 8.93. The molecule has 76 valence electrons. The van der Waals surface area contributed by atoms with Crippen LogP contribution in [0.1, 0.15) is 18.4 Å². The van der Waals surface area contributed by atoms with Crippen molar-refractivity contribution in [1.82, 2.24) is 0 Å². The normalized spacial score (nSPS) is 19.9. The number of hydrogen-bond acceptors (Lipinski definition) is 3. The summed E-state index contributed by atoms with van der Waals surface area (Å²) in [4.78, 5) is 2.21. The largest absolute Gasteiger partial charge is 0.399 e. The molecule has 0 radical (unpaired) electrons. The lowest BCUT2D eigenvalue weighted by molar-refractivity contribution is 0.302. The van der Waals surface area contributed by atoms with Gasteiger partial charge in [0.2, 0.25) is 0 Å². The third-order valence-electron chi connectivity index (χ3n) is 2.79. The van der Waals surface area contributed by atoms with Crippen molar-refractivity contribution in [1.29, 1.82) is 0 Å². The topological polar surface area (TPSA) is 49.5 Å². The van der Waals surface area contributed by atoms with Crippen LogP contribution >= 0.6 is 0 Å². The molecule has 1 aliphatic rings. The quantitative estimate of drug-likeness (QED) is 0.692. The second kappa shape index (κ2) is 3.50. The van der Waals surface area contributed by atoms with E-state index in [1.165, 1.54) is 11.3 Å². The predicted molar refractivity (Wildman–Crippen MR) is 58.6 cm³/mol. The number of nitrogens with two attached hydrogens (primary N) is 1. The number of aliphatic hydroxyl groups excluding tert-OH is 1. The maximum Gasteiger partial charge on any atom is 0.0606 e. The molecular formula is C11H16N2O. The summed E-state index contributed by atoms with van der Waals surface area (Å²) in [5.74, 6) is 0.514. The summed E-state index contributed by atoms with van der Waals surface area (Å²) >= 11 is 0. The Kier molecular flexibility index (Phi) is 2.33. The lowest BCUT2D eigenvalue weighted by Crippen LogP contribution is -2.24. The number of aliphatic hydroxyl groups is 1. The molecule has 3 nitrogen and oxygen atoms in total. The maximum absolute atomic E-state index is 8.93. The first-order valence-corrected chi connectivity index (χ1v) is 4.97. The van der Waals surface area contributed by atoms with Gasteiger partial charge in [0, 0.05) is 30.4 Å². The smallest absolute Gasteiger partial charge is 0.0606 e. The summed E-state index contributed by atoms with van der Waals surface area (Å²) < 4.78 is 0. The SMILES string of the molecule is CC1CN(CCO)c2ccc(N)cc21. The Hall–Kier alpha value is -1.22. The van der Waals surface area contributed by atoms with Gasteiger partial charge in [0.1, 0.15) is 0 Å². The summed E-state index contributed by atoms with van der Waals surface area (Å²) in [5.41, 5.74) is 9.09. The van der Waals surface area contributed by atoms with Crippen molar-refractivity contribution in [2.24, 2.45) is 0 Å². The van der Waals surface area contributed by atoms with E-state index in [2.05, 4.69) is 11.8 Å². The van der Waals surface area contributed by atoms with Crippen LogP contribution in [0.3, 0.4) is 0 Å². The van der Waals surface area contributed by atoms with Crippen LogP contribution in [0.2, 0.25) is 0 Å². The molecule has 0 saturated heterocycles. The summed E-state index contributed by atoms with van der Waals surface area (Å²) in [7, 11) is 0. The molecule has 0 aliphatic carbocycles. The molecule has 1 heterocycles. The fraction of sp³-hybridized carbons (Fsp3) is 0.455. The van der Waals surface area contributed by atoms with Crippen LogP contribution in [-0.2, 0) is 0 Å². The van der Waals surface area contributed by atoms with Gasteiger partial charge in [0.25, 0.3) is 0 Å². The first kappa shape index (κ1) is 9.34. The van der Waals surface area contributed by atoms with E-state index >= 15 is 0 Å². The van der Waals surface area contributed by atoms with Crippen LogP contribution in [0.25, 0.3) is 0 Å². The zero-order chi connectivity index (χ0) is 10.1. The molecule has 0 saturated carbocycles. The zero-order valence-electron chi connectivity index (χ0n) is 8.40. The minimum absolute atomic E-state index is 0.205. The molecular weight excluding hydrogens is 176 g/mol. The van der Waals surface area contributed by atoms with Crippen molar-refractivity contribution in [3.05, 3.63) is 23.8 Å². The van der Waals surface area contributed by atoms with E-state index in [0.717, 1.165) is 12.2 Å². The fourth-order valence-corrected chi connectivity index (χ4v) is 2.12. The van der Waals surface area contributed by atoms with E-state index in [4.69, 9.17) is 10.8 Å². The van der Waals surface area contributed by atoms with Crippen LogP contribution in [0.5, 0.6) is 0 Å². The molecule has 1 aromatic rings. The van der Waals surface area contributed by atoms with Gasteiger partial charge in [-0.1, -0.05) is 6.92 Å². The number of benzene rings is 1. The molecule has 1 atom stereocenters. The van der Waals surface area contributed by atoms with E-state index in [1.807, 2.05) is 18.2 Å². The zero-order valence-corrected chi connectivity index (χ0v) is 8.40. The van der Waals surface area contributed by atoms with E-state index in [9.17, 15) is 0 Å². The average molecular weight is 192 g/mol. The van der Waals surface area contributed by atoms with Gasteiger partial charge in [-0.25, -0.2) is 0 Å². The molecule has 0 spiro atoms. The lowest BCUT2D eigenvalue weighted by Gasteiger charge is -2.17. The van der Waals surface area contributed by atoms with E-state index in [0.29, 0.717) is 12.5 Å². The number of anilines is 2. The summed E-state index contributed by atoms with van der Waals surface area (Å²) in [6, 6.07) is 6.00. The highest BCUT2D eigenvalue weighted by Crippen LogP contribution is 2.36.